The van der Waals surface area contributed by atoms with E-state index in [4.69, 9.17) is 32.7 Å². The highest BCUT2D eigenvalue weighted by atomic mass is 35.5. The van der Waals surface area contributed by atoms with Crippen LogP contribution in [0.1, 0.15) is 6.92 Å². The van der Waals surface area contributed by atoms with E-state index in [-0.39, 0.29) is 17.3 Å². The summed E-state index contributed by atoms with van der Waals surface area (Å²) >= 11 is 11.5. The highest BCUT2D eigenvalue weighted by Gasteiger charge is 2.08. The highest BCUT2D eigenvalue weighted by molar-refractivity contribution is 6.30. The number of nitrogens with zero attached hydrogens (tertiary/aromatic N) is 4. The van der Waals surface area contributed by atoms with Crippen LogP contribution < -0.4 is 9.47 Å². The Balaban J connectivity index is 2.23. The summed E-state index contributed by atoms with van der Waals surface area (Å²) in [6.07, 6.45) is 2.96. The first kappa shape index (κ1) is 12.8. The van der Waals surface area contributed by atoms with E-state index in [2.05, 4.69) is 19.9 Å². The SMILES string of the molecule is CCOc1nc(Cl)nc(Oc2cncc(Cl)c2)n1. The first-order valence-electron chi connectivity index (χ1n) is 5.00. The second-order valence-corrected chi connectivity index (χ2v) is 3.82. The Kier molecular flexibility index (Phi) is 4.11. The number of hydrogen-bond donors (Lipinski definition) is 0. The van der Waals surface area contributed by atoms with Gasteiger partial charge < -0.3 is 9.47 Å². The van der Waals surface area contributed by atoms with Crippen molar-refractivity contribution in [1.29, 1.82) is 0 Å². The monoisotopic (exact) mass is 286 g/mol. The summed E-state index contributed by atoms with van der Waals surface area (Å²) < 4.78 is 10.5. The molecule has 0 spiro atoms. The number of rotatable bonds is 4. The molecule has 0 aromatic carbocycles. The average molecular weight is 287 g/mol. The maximum Gasteiger partial charge on any atom is 0.329 e. The highest BCUT2D eigenvalue weighted by Crippen LogP contribution is 2.22. The number of halogens is 2. The van der Waals surface area contributed by atoms with Crippen molar-refractivity contribution < 1.29 is 9.47 Å². The standard InChI is InChI=1S/C10H8Cl2N4O2/c1-2-17-9-14-8(12)15-10(16-9)18-7-3-6(11)4-13-5-7/h3-5H,2H2,1H3. The van der Waals surface area contributed by atoms with E-state index >= 15 is 0 Å². The quantitative estimate of drug-likeness (QED) is 0.861. The normalized spacial score (nSPS) is 10.2. The Labute approximate surface area is 113 Å². The number of aromatic nitrogens is 4. The molecule has 2 aromatic heterocycles. The predicted octanol–water partition coefficient (Wildman–Crippen LogP) is 2.76. The van der Waals surface area contributed by atoms with Gasteiger partial charge in [0, 0.05) is 12.3 Å². The molecule has 18 heavy (non-hydrogen) atoms. The zero-order valence-corrected chi connectivity index (χ0v) is 10.8. The van der Waals surface area contributed by atoms with Gasteiger partial charge in [0.15, 0.2) is 5.75 Å². The minimum atomic E-state index is -0.0153. The van der Waals surface area contributed by atoms with Gasteiger partial charge in [-0.2, -0.15) is 9.97 Å². The molecule has 0 amide bonds. The van der Waals surface area contributed by atoms with Gasteiger partial charge in [0.05, 0.1) is 17.8 Å². The van der Waals surface area contributed by atoms with Gasteiger partial charge >= 0.3 is 12.0 Å². The van der Waals surface area contributed by atoms with Crippen LogP contribution in [0.3, 0.4) is 0 Å². The number of hydrogen-bond acceptors (Lipinski definition) is 6. The molecule has 0 atom stereocenters. The molecule has 0 saturated heterocycles. The minimum absolute atomic E-state index is 0.0153. The molecule has 0 aliphatic rings. The molecule has 0 N–H and O–H groups in total. The van der Waals surface area contributed by atoms with Crippen LogP contribution >= 0.6 is 23.2 Å². The summed E-state index contributed by atoms with van der Waals surface area (Å²) in [6, 6.07) is 1.69. The molecule has 0 saturated carbocycles. The van der Waals surface area contributed by atoms with Crippen molar-refractivity contribution in [3.05, 3.63) is 28.8 Å². The Morgan fingerprint density at radius 3 is 2.61 bits per heavy atom. The van der Waals surface area contributed by atoms with Gasteiger partial charge in [-0.1, -0.05) is 11.6 Å². The van der Waals surface area contributed by atoms with Gasteiger partial charge in [-0.3, -0.25) is 4.98 Å². The number of pyridine rings is 1. The molecule has 0 bridgehead atoms. The zero-order valence-electron chi connectivity index (χ0n) is 9.30. The Morgan fingerprint density at radius 2 is 1.89 bits per heavy atom. The van der Waals surface area contributed by atoms with Crippen molar-refractivity contribution in [2.24, 2.45) is 0 Å². The molecule has 2 aromatic rings. The van der Waals surface area contributed by atoms with Crippen LogP contribution in [0.15, 0.2) is 18.5 Å². The van der Waals surface area contributed by atoms with E-state index in [9.17, 15) is 0 Å². The van der Waals surface area contributed by atoms with Crippen molar-refractivity contribution in [3.63, 3.8) is 0 Å². The second-order valence-electron chi connectivity index (χ2n) is 3.04. The molecule has 0 aliphatic heterocycles. The van der Waals surface area contributed by atoms with Crippen LogP contribution in [-0.2, 0) is 0 Å². The van der Waals surface area contributed by atoms with Crippen molar-refractivity contribution in [2.45, 2.75) is 6.92 Å². The first-order valence-corrected chi connectivity index (χ1v) is 5.75. The predicted molar refractivity (Wildman–Crippen MR) is 65.3 cm³/mol. The van der Waals surface area contributed by atoms with Gasteiger partial charge in [-0.25, -0.2) is 0 Å². The second kappa shape index (κ2) is 5.79. The fourth-order valence-electron chi connectivity index (χ4n) is 1.11. The van der Waals surface area contributed by atoms with Crippen molar-refractivity contribution in [3.8, 4) is 17.8 Å². The van der Waals surface area contributed by atoms with Crippen LogP contribution in [0.5, 0.6) is 17.8 Å². The summed E-state index contributed by atoms with van der Waals surface area (Å²) in [7, 11) is 0. The van der Waals surface area contributed by atoms with Crippen molar-refractivity contribution in [2.75, 3.05) is 6.61 Å². The molecule has 94 valence electrons. The van der Waals surface area contributed by atoms with Crippen molar-refractivity contribution >= 4 is 23.2 Å². The first-order chi connectivity index (χ1) is 8.67. The lowest BCUT2D eigenvalue weighted by Gasteiger charge is -2.05. The topological polar surface area (TPSA) is 70.0 Å². The number of ether oxygens (including phenoxy) is 2. The van der Waals surface area contributed by atoms with Gasteiger partial charge in [0.2, 0.25) is 5.28 Å². The molecule has 0 radical (unpaired) electrons. The summed E-state index contributed by atoms with van der Waals surface area (Å²) in [4.78, 5) is 15.4. The molecule has 6 nitrogen and oxygen atoms in total. The fraction of sp³-hybridized carbons (Fsp3) is 0.200. The lowest BCUT2D eigenvalue weighted by Crippen LogP contribution is -2.01. The van der Waals surface area contributed by atoms with Gasteiger partial charge in [-0.15, -0.1) is 4.98 Å². The largest absolute Gasteiger partial charge is 0.464 e. The Bertz CT molecular complexity index is 553. The lowest BCUT2D eigenvalue weighted by atomic mass is 10.5. The molecule has 2 heterocycles. The molecule has 8 heteroatoms. The fourth-order valence-corrected chi connectivity index (χ4v) is 1.42. The molecule has 0 unspecified atom stereocenters. The molecule has 2 rings (SSSR count). The van der Waals surface area contributed by atoms with Crippen LogP contribution in [-0.4, -0.2) is 26.5 Å². The Hall–Kier alpha value is -1.66. The van der Waals surface area contributed by atoms with Crippen molar-refractivity contribution in [1.82, 2.24) is 19.9 Å². The van der Waals surface area contributed by atoms with Crippen LogP contribution in [0.2, 0.25) is 10.3 Å². The van der Waals surface area contributed by atoms with Crippen LogP contribution in [0, 0.1) is 0 Å². The summed E-state index contributed by atoms with van der Waals surface area (Å²) in [5, 5.41) is 0.427. The molecule has 0 fully saturated rings. The third kappa shape index (κ3) is 3.41. The summed E-state index contributed by atoms with van der Waals surface area (Å²) in [5.74, 6) is 0.396. The minimum Gasteiger partial charge on any atom is -0.464 e. The maximum absolute atomic E-state index is 5.78. The van der Waals surface area contributed by atoms with Crippen LogP contribution in [0.25, 0.3) is 0 Å². The van der Waals surface area contributed by atoms with E-state index in [1.807, 2.05) is 0 Å². The summed E-state index contributed by atoms with van der Waals surface area (Å²) in [6.45, 7) is 2.22. The van der Waals surface area contributed by atoms with Gasteiger partial charge in [0.1, 0.15) is 0 Å². The van der Waals surface area contributed by atoms with E-state index < -0.39 is 0 Å². The molecular formula is C10H8Cl2N4O2. The lowest BCUT2D eigenvalue weighted by molar-refractivity contribution is 0.303. The average Bonchev–Trinajstić information content (AvgIpc) is 2.28. The Morgan fingerprint density at radius 1 is 1.11 bits per heavy atom. The molecular weight excluding hydrogens is 279 g/mol. The summed E-state index contributed by atoms with van der Waals surface area (Å²) in [5.41, 5.74) is 0. The van der Waals surface area contributed by atoms with Gasteiger partial charge in [-0.05, 0) is 18.5 Å². The maximum atomic E-state index is 5.78. The van der Waals surface area contributed by atoms with Crippen LogP contribution in [0.4, 0.5) is 0 Å². The van der Waals surface area contributed by atoms with E-state index in [1.165, 1.54) is 12.4 Å². The van der Waals surface area contributed by atoms with E-state index in [0.717, 1.165) is 0 Å². The van der Waals surface area contributed by atoms with E-state index in [0.29, 0.717) is 17.4 Å². The van der Waals surface area contributed by atoms with E-state index in [1.54, 1.807) is 13.0 Å². The van der Waals surface area contributed by atoms with Gasteiger partial charge in [0.25, 0.3) is 0 Å². The molecule has 0 aliphatic carbocycles. The smallest absolute Gasteiger partial charge is 0.329 e. The third-order valence-electron chi connectivity index (χ3n) is 1.73. The third-order valence-corrected chi connectivity index (χ3v) is 2.11. The zero-order chi connectivity index (χ0) is 13.0.